The van der Waals surface area contributed by atoms with Gasteiger partial charge in [0.15, 0.2) is 0 Å². The van der Waals surface area contributed by atoms with Crippen LogP contribution in [0.25, 0.3) is 5.57 Å². The summed E-state index contributed by atoms with van der Waals surface area (Å²) in [5, 5.41) is 0. The molecule has 1 atom stereocenters. The van der Waals surface area contributed by atoms with E-state index in [-0.39, 0.29) is 12.1 Å². The van der Waals surface area contributed by atoms with Crippen molar-refractivity contribution in [3.05, 3.63) is 42.0 Å². The van der Waals surface area contributed by atoms with E-state index in [0.717, 1.165) is 24.0 Å². The van der Waals surface area contributed by atoms with Crippen LogP contribution in [0.3, 0.4) is 0 Å². The molecule has 0 amide bonds. The molecule has 1 aromatic carbocycles. The first-order valence-electron chi connectivity index (χ1n) is 7.73. The highest BCUT2D eigenvalue weighted by Gasteiger charge is 2.28. The Morgan fingerprint density at radius 1 is 1.05 bits per heavy atom. The third-order valence-electron chi connectivity index (χ3n) is 3.95. The van der Waals surface area contributed by atoms with Gasteiger partial charge in [-0.05, 0) is 30.0 Å². The Kier molecular flexibility index (Phi) is 5.40. The summed E-state index contributed by atoms with van der Waals surface area (Å²) in [5.41, 5.74) is 2.56. The zero-order valence-electron chi connectivity index (χ0n) is 12.4. The molecule has 0 fully saturated rings. The van der Waals surface area contributed by atoms with Crippen LogP contribution in [0.15, 0.2) is 30.8 Å². The van der Waals surface area contributed by atoms with Crippen LogP contribution in [-0.4, -0.2) is 12.1 Å². The molecule has 0 saturated heterocycles. The first-order valence-corrected chi connectivity index (χ1v) is 7.73. The van der Waals surface area contributed by atoms with Gasteiger partial charge in [-0.15, -0.1) is 0 Å². The molecule has 1 aliphatic rings. The zero-order chi connectivity index (χ0) is 14.4. The molecule has 1 unspecified atom stereocenters. The number of carbonyl (C=O) groups is 1. The quantitative estimate of drug-likeness (QED) is 0.516. The second-order valence-corrected chi connectivity index (χ2v) is 5.52. The van der Waals surface area contributed by atoms with Gasteiger partial charge < -0.3 is 4.74 Å². The minimum atomic E-state index is -0.205. The molecule has 0 spiro atoms. The van der Waals surface area contributed by atoms with Crippen molar-refractivity contribution >= 4 is 11.5 Å². The van der Waals surface area contributed by atoms with Crippen LogP contribution in [0.1, 0.15) is 67.8 Å². The van der Waals surface area contributed by atoms with E-state index in [4.69, 9.17) is 4.74 Å². The highest BCUT2D eigenvalue weighted by molar-refractivity contribution is 5.99. The van der Waals surface area contributed by atoms with Gasteiger partial charge >= 0.3 is 5.97 Å². The van der Waals surface area contributed by atoms with Gasteiger partial charge in [-0.2, -0.15) is 0 Å². The molecule has 0 N–H and O–H groups in total. The average molecular weight is 272 g/mol. The summed E-state index contributed by atoms with van der Waals surface area (Å²) in [6, 6.07) is 7.59. The predicted molar refractivity (Wildman–Crippen MR) is 82.7 cm³/mol. The normalized spacial score (nSPS) is 17.8. The lowest BCUT2D eigenvalue weighted by Gasteiger charge is -2.26. The van der Waals surface area contributed by atoms with Crippen LogP contribution >= 0.6 is 0 Å². The number of esters is 1. The maximum Gasteiger partial charge on any atom is 0.339 e. The van der Waals surface area contributed by atoms with Crippen molar-refractivity contribution in [1.29, 1.82) is 0 Å². The fraction of sp³-hybridized carbons (Fsp3) is 0.500. The fourth-order valence-electron chi connectivity index (χ4n) is 2.72. The smallest absolute Gasteiger partial charge is 0.339 e. The van der Waals surface area contributed by atoms with Crippen LogP contribution in [0.5, 0.6) is 0 Å². The van der Waals surface area contributed by atoms with Gasteiger partial charge in [-0.1, -0.05) is 63.8 Å². The Bertz CT molecular complexity index is 476. The lowest BCUT2D eigenvalue weighted by Crippen LogP contribution is -2.26. The first kappa shape index (κ1) is 14.8. The molecule has 1 aliphatic heterocycles. The van der Waals surface area contributed by atoms with Gasteiger partial charge in [0.1, 0.15) is 6.10 Å². The molecular weight excluding hydrogens is 248 g/mol. The van der Waals surface area contributed by atoms with E-state index in [2.05, 4.69) is 13.5 Å². The number of carbonyl (C=O) groups excluding carboxylic acids is 1. The van der Waals surface area contributed by atoms with E-state index in [0.29, 0.717) is 5.56 Å². The van der Waals surface area contributed by atoms with Crippen molar-refractivity contribution in [3.63, 3.8) is 0 Å². The standard InChI is InChI=1S/C18H24O2/c1-3-4-5-6-7-8-13-17-14(2)15-11-9-10-12-16(15)18(19)20-17/h9-12,17H,2-8,13H2,1H3. The number of rotatable bonds is 7. The molecular formula is C18H24O2. The van der Waals surface area contributed by atoms with Crippen molar-refractivity contribution in [2.24, 2.45) is 0 Å². The molecule has 1 heterocycles. The molecule has 2 rings (SSSR count). The number of hydrogen-bond donors (Lipinski definition) is 0. The Morgan fingerprint density at radius 2 is 1.70 bits per heavy atom. The molecule has 0 bridgehead atoms. The van der Waals surface area contributed by atoms with Crippen molar-refractivity contribution < 1.29 is 9.53 Å². The van der Waals surface area contributed by atoms with E-state index in [1.54, 1.807) is 0 Å². The Labute approximate surface area is 121 Å². The molecule has 2 nitrogen and oxygen atoms in total. The zero-order valence-corrected chi connectivity index (χ0v) is 12.4. The van der Waals surface area contributed by atoms with Crippen molar-refractivity contribution in [3.8, 4) is 0 Å². The molecule has 0 radical (unpaired) electrons. The van der Waals surface area contributed by atoms with Gasteiger partial charge in [0, 0.05) is 0 Å². The lowest BCUT2D eigenvalue weighted by molar-refractivity contribution is 0.0373. The van der Waals surface area contributed by atoms with Gasteiger partial charge in [-0.3, -0.25) is 0 Å². The molecule has 2 heteroatoms. The third-order valence-corrected chi connectivity index (χ3v) is 3.95. The summed E-state index contributed by atoms with van der Waals surface area (Å²) in [7, 11) is 0. The number of unbranched alkanes of at least 4 members (excludes halogenated alkanes) is 5. The van der Waals surface area contributed by atoms with Crippen molar-refractivity contribution in [2.45, 2.75) is 58.0 Å². The number of fused-ring (bicyclic) bond motifs is 1. The molecule has 0 aliphatic carbocycles. The Morgan fingerprint density at radius 3 is 2.45 bits per heavy atom. The van der Waals surface area contributed by atoms with E-state index in [1.165, 1.54) is 32.1 Å². The molecule has 108 valence electrons. The number of benzene rings is 1. The van der Waals surface area contributed by atoms with Crippen LogP contribution in [-0.2, 0) is 4.74 Å². The summed E-state index contributed by atoms with van der Waals surface area (Å²) in [4.78, 5) is 12.0. The van der Waals surface area contributed by atoms with E-state index in [9.17, 15) is 4.79 Å². The topological polar surface area (TPSA) is 26.3 Å². The lowest BCUT2D eigenvalue weighted by atomic mass is 9.91. The number of ether oxygens (including phenoxy) is 1. The predicted octanol–water partition coefficient (Wildman–Crippen LogP) is 4.99. The van der Waals surface area contributed by atoms with E-state index in [1.807, 2.05) is 24.3 Å². The fourth-order valence-corrected chi connectivity index (χ4v) is 2.72. The maximum atomic E-state index is 12.0. The summed E-state index contributed by atoms with van der Waals surface area (Å²) < 4.78 is 5.51. The monoisotopic (exact) mass is 272 g/mol. The Balaban J connectivity index is 1.86. The molecule has 20 heavy (non-hydrogen) atoms. The maximum absolute atomic E-state index is 12.0. The average Bonchev–Trinajstić information content (AvgIpc) is 2.47. The summed E-state index contributed by atoms with van der Waals surface area (Å²) >= 11 is 0. The second kappa shape index (κ2) is 7.28. The SMILES string of the molecule is C=C1c2ccccc2C(=O)OC1CCCCCCCC. The van der Waals surface area contributed by atoms with Crippen molar-refractivity contribution in [1.82, 2.24) is 0 Å². The Hall–Kier alpha value is -1.57. The first-order chi connectivity index (χ1) is 9.74. The summed E-state index contributed by atoms with van der Waals surface area (Å²) in [6.07, 6.45) is 8.24. The van der Waals surface area contributed by atoms with Gasteiger partial charge in [-0.25, -0.2) is 4.79 Å². The molecule has 0 saturated carbocycles. The van der Waals surface area contributed by atoms with Crippen LogP contribution in [0.4, 0.5) is 0 Å². The van der Waals surface area contributed by atoms with Crippen LogP contribution < -0.4 is 0 Å². The highest BCUT2D eigenvalue weighted by atomic mass is 16.5. The molecule has 0 aromatic heterocycles. The third kappa shape index (κ3) is 3.50. The minimum absolute atomic E-state index is 0.136. The largest absolute Gasteiger partial charge is 0.454 e. The number of cyclic esters (lactones) is 1. The van der Waals surface area contributed by atoms with Crippen molar-refractivity contribution in [2.75, 3.05) is 0 Å². The summed E-state index contributed by atoms with van der Waals surface area (Å²) in [5.74, 6) is -0.205. The van der Waals surface area contributed by atoms with Gasteiger partial charge in [0.25, 0.3) is 0 Å². The minimum Gasteiger partial charge on any atom is -0.454 e. The van der Waals surface area contributed by atoms with Gasteiger partial charge in [0.2, 0.25) is 0 Å². The van der Waals surface area contributed by atoms with E-state index < -0.39 is 0 Å². The highest BCUT2D eigenvalue weighted by Crippen LogP contribution is 2.31. The van der Waals surface area contributed by atoms with E-state index >= 15 is 0 Å². The van der Waals surface area contributed by atoms with Gasteiger partial charge in [0.05, 0.1) is 5.56 Å². The molecule has 1 aromatic rings. The second-order valence-electron chi connectivity index (χ2n) is 5.52. The van der Waals surface area contributed by atoms with Crippen LogP contribution in [0, 0.1) is 0 Å². The van der Waals surface area contributed by atoms with Crippen LogP contribution in [0.2, 0.25) is 0 Å². The summed E-state index contributed by atoms with van der Waals surface area (Å²) in [6.45, 7) is 6.35. The number of hydrogen-bond acceptors (Lipinski definition) is 2.